The van der Waals surface area contributed by atoms with Gasteiger partial charge in [-0.1, -0.05) is 246 Å². The molecule has 0 unspecified atom stereocenters. The average Bonchev–Trinajstić information content (AvgIpc) is 3.19. The van der Waals surface area contributed by atoms with Crippen LogP contribution in [0, 0.1) is 5.92 Å². The van der Waals surface area contributed by atoms with Gasteiger partial charge in [0.05, 0.1) is 0 Å². The third kappa shape index (κ3) is 45.3. The zero-order valence-electron chi connectivity index (χ0n) is 38.8. The van der Waals surface area contributed by atoms with E-state index >= 15 is 0 Å². The minimum absolute atomic E-state index is 0.0634. The van der Waals surface area contributed by atoms with Crippen molar-refractivity contribution < 1.29 is 28.6 Å². The summed E-state index contributed by atoms with van der Waals surface area (Å²) in [5.74, 6) is -0.0678. The molecule has 0 rings (SSSR count). The van der Waals surface area contributed by atoms with Crippen LogP contribution in [-0.2, 0) is 28.6 Å². The van der Waals surface area contributed by atoms with E-state index in [0.29, 0.717) is 19.3 Å². The van der Waals surface area contributed by atoms with Crippen molar-refractivity contribution in [2.75, 3.05) is 13.2 Å². The van der Waals surface area contributed by atoms with Crippen LogP contribution < -0.4 is 0 Å². The van der Waals surface area contributed by atoms with Gasteiger partial charge in [-0.2, -0.15) is 0 Å². The summed E-state index contributed by atoms with van der Waals surface area (Å²) in [6.45, 7) is 8.97. The van der Waals surface area contributed by atoms with Crippen LogP contribution in [0.15, 0.2) is 0 Å². The molecule has 0 aromatic carbocycles. The van der Waals surface area contributed by atoms with Crippen molar-refractivity contribution in [3.63, 3.8) is 0 Å². The van der Waals surface area contributed by atoms with Crippen molar-refractivity contribution in [2.24, 2.45) is 5.92 Å². The summed E-state index contributed by atoms with van der Waals surface area (Å²) in [5, 5.41) is 0. The van der Waals surface area contributed by atoms with Gasteiger partial charge in [-0.3, -0.25) is 14.4 Å². The molecule has 0 aliphatic rings. The molecule has 0 aromatic rings. The average molecular weight is 807 g/mol. The molecular weight excluding hydrogens is 709 g/mol. The van der Waals surface area contributed by atoms with Crippen LogP contribution in [0.3, 0.4) is 0 Å². The van der Waals surface area contributed by atoms with Crippen LogP contribution in [0.1, 0.15) is 285 Å². The standard InChI is InChI=1S/C51H98O6/c1-5-7-9-11-13-15-17-19-20-21-22-23-25-26-30-34-38-42-49(52)55-45-48(46-56-50(53)43-39-35-32-28-29-33-37-41-47(3)4)57-51(54)44-40-36-31-27-24-18-16-14-12-10-8-6-2/h47-48H,5-46H2,1-4H3/t48-/m1/s1. The summed E-state index contributed by atoms with van der Waals surface area (Å²) in [4.78, 5) is 37.8. The number of ether oxygens (including phenoxy) is 3. The van der Waals surface area contributed by atoms with Crippen molar-refractivity contribution in [2.45, 2.75) is 291 Å². The Bertz CT molecular complexity index is 857. The molecule has 0 saturated carbocycles. The fourth-order valence-corrected chi connectivity index (χ4v) is 7.69. The Kier molecular flexibility index (Phi) is 44.2. The highest BCUT2D eigenvalue weighted by molar-refractivity contribution is 5.71. The molecule has 0 aliphatic carbocycles. The topological polar surface area (TPSA) is 78.9 Å². The van der Waals surface area contributed by atoms with E-state index in [1.54, 1.807) is 0 Å². The number of carbonyl (C=O) groups is 3. The smallest absolute Gasteiger partial charge is 0.306 e. The molecule has 0 spiro atoms. The predicted molar refractivity (Wildman–Crippen MR) is 243 cm³/mol. The highest BCUT2D eigenvalue weighted by Crippen LogP contribution is 2.17. The van der Waals surface area contributed by atoms with Gasteiger partial charge in [0.15, 0.2) is 6.10 Å². The van der Waals surface area contributed by atoms with E-state index in [1.165, 1.54) is 180 Å². The Labute approximate surface area is 355 Å². The predicted octanol–water partition coefficient (Wildman–Crippen LogP) is 16.3. The minimum Gasteiger partial charge on any atom is -0.462 e. The van der Waals surface area contributed by atoms with E-state index in [9.17, 15) is 14.4 Å². The van der Waals surface area contributed by atoms with Crippen molar-refractivity contribution in [3.05, 3.63) is 0 Å². The molecular formula is C51H98O6. The van der Waals surface area contributed by atoms with Crippen molar-refractivity contribution in [1.29, 1.82) is 0 Å². The summed E-state index contributed by atoms with van der Waals surface area (Å²) in [6, 6.07) is 0. The number of rotatable bonds is 46. The van der Waals surface area contributed by atoms with E-state index in [2.05, 4.69) is 27.7 Å². The van der Waals surface area contributed by atoms with Crippen molar-refractivity contribution in [1.82, 2.24) is 0 Å². The van der Waals surface area contributed by atoms with Gasteiger partial charge in [0.1, 0.15) is 13.2 Å². The number of esters is 3. The maximum absolute atomic E-state index is 12.7. The van der Waals surface area contributed by atoms with E-state index in [0.717, 1.165) is 63.7 Å². The second kappa shape index (κ2) is 45.5. The van der Waals surface area contributed by atoms with Crippen LogP contribution >= 0.6 is 0 Å². The molecule has 0 heterocycles. The van der Waals surface area contributed by atoms with E-state index in [4.69, 9.17) is 14.2 Å². The lowest BCUT2D eigenvalue weighted by Gasteiger charge is -2.18. The number of hydrogen-bond donors (Lipinski definition) is 0. The Morgan fingerprint density at radius 1 is 0.333 bits per heavy atom. The zero-order valence-corrected chi connectivity index (χ0v) is 38.8. The Morgan fingerprint density at radius 2 is 0.579 bits per heavy atom. The summed E-state index contributed by atoms with van der Waals surface area (Å²) in [7, 11) is 0. The van der Waals surface area contributed by atoms with Crippen molar-refractivity contribution in [3.8, 4) is 0 Å². The van der Waals surface area contributed by atoms with Gasteiger partial charge in [-0.05, 0) is 25.2 Å². The first-order chi connectivity index (χ1) is 27.9. The van der Waals surface area contributed by atoms with Gasteiger partial charge in [0, 0.05) is 19.3 Å². The van der Waals surface area contributed by atoms with E-state index < -0.39 is 6.10 Å². The van der Waals surface area contributed by atoms with Gasteiger partial charge in [0.2, 0.25) is 0 Å². The molecule has 1 atom stereocenters. The lowest BCUT2D eigenvalue weighted by atomic mass is 10.0. The fraction of sp³-hybridized carbons (Fsp3) is 0.941. The van der Waals surface area contributed by atoms with Crippen LogP contribution in [0.5, 0.6) is 0 Å². The lowest BCUT2D eigenvalue weighted by Crippen LogP contribution is -2.30. The van der Waals surface area contributed by atoms with E-state index in [1.807, 2.05) is 0 Å². The first-order valence-electron chi connectivity index (χ1n) is 25.4. The molecule has 338 valence electrons. The van der Waals surface area contributed by atoms with Crippen LogP contribution in [0.2, 0.25) is 0 Å². The normalized spacial score (nSPS) is 11.9. The van der Waals surface area contributed by atoms with Gasteiger partial charge in [-0.15, -0.1) is 0 Å². The molecule has 0 aromatic heterocycles. The fourth-order valence-electron chi connectivity index (χ4n) is 7.69. The Morgan fingerprint density at radius 3 is 0.860 bits per heavy atom. The highest BCUT2D eigenvalue weighted by atomic mass is 16.6. The van der Waals surface area contributed by atoms with E-state index in [-0.39, 0.29) is 31.1 Å². The molecule has 0 bridgehead atoms. The summed E-state index contributed by atoms with van der Waals surface area (Å²) >= 11 is 0. The molecule has 0 amide bonds. The van der Waals surface area contributed by atoms with Crippen LogP contribution in [0.4, 0.5) is 0 Å². The van der Waals surface area contributed by atoms with Crippen LogP contribution in [-0.4, -0.2) is 37.2 Å². The molecule has 6 nitrogen and oxygen atoms in total. The molecule has 0 radical (unpaired) electrons. The zero-order chi connectivity index (χ0) is 41.7. The largest absolute Gasteiger partial charge is 0.462 e. The molecule has 0 N–H and O–H groups in total. The molecule has 0 aliphatic heterocycles. The number of hydrogen-bond acceptors (Lipinski definition) is 6. The third-order valence-corrected chi connectivity index (χ3v) is 11.5. The van der Waals surface area contributed by atoms with Crippen molar-refractivity contribution >= 4 is 17.9 Å². The number of carbonyl (C=O) groups excluding carboxylic acids is 3. The van der Waals surface area contributed by atoms with Gasteiger partial charge < -0.3 is 14.2 Å². The van der Waals surface area contributed by atoms with Gasteiger partial charge in [0.25, 0.3) is 0 Å². The summed E-state index contributed by atoms with van der Waals surface area (Å²) in [5.41, 5.74) is 0. The second-order valence-electron chi connectivity index (χ2n) is 17.9. The SMILES string of the molecule is CCCCCCCCCCCCCCCCCCCC(=O)OC[C@H](COC(=O)CCCCCCCCCC(C)C)OC(=O)CCCCCCCCCCCCCC. The molecule has 57 heavy (non-hydrogen) atoms. The first-order valence-corrected chi connectivity index (χ1v) is 25.4. The summed E-state index contributed by atoms with van der Waals surface area (Å²) < 4.78 is 16.8. The summed E-state index contributed by atoms with van der Waals surface area (Å²) in [6.07, 6.45) is 46.7. The van der Waals surface area contributed by atoms with Gasteiger partial charge in [-0.25, -0.2) is 0 Å². The monoisotopic (exact) mass is 807 g/mol. The second-order valence-corrected chi connectivity index (χ2v) is 17.9. The first kappa shape index (κ1) is 55.4. The third-order valence-electron chi connectivity index (χ3n) is 11.5. The molecule has 0 saturated heterocycles. The van der Waals surface area contributed by atoms with Gasteiger partial charge >= 0.3 is 17.9 Å². The lowest BCUT2D eigenvalue weighted by molar-refractivity contribution is -0.167. The Balaban J connectivity index is 4.26. The highest BCUT2D eigenvalue weighted by Gasteiger charge is 2.19. The molecule has 6 heteroatoms. The molecule has 0 fully saturated rings. The number of unbranched alkanes of at least 4 members (excludes halogenated alkanes) is 33. The maximum Gasteiger partial charge on any atom is 0.306 e. The quantitative estimate of drug-likeness (QED) is 0.0346. The Hall–Kier alpha value is -1.59. The van der Waals surface area contributed by atoms with Crippen LogP contribution in [0.25, 0.3) is 0 Å². The maximum atomic E-state index is 12.7. The minimum atomic E-state index is -0.760.